The summed E-state index contributed by atoms with van der Waals surface area (Å²) in [5.74, 6) is -2.15. The Balaban J connectivity index is 0.981. The lowest BCUT2D eigenvalue weighted by Crippen LogP contribution is -2.54. The molecule has 0 saturated carbocycles. The van der Waals surface area contributed by atoms with Crippen LogP contribution in [0.15, 0.2) is 18.2 Å². The summed E-state index contributed by atoms with van der Waals surface area (Å²) in [6.45, 7) is 11.6. The van der Waals surface area contributed by atoms with Gasteiger partial charge in [0.15, 0.2) is 0 Å². The molecule has 16 nitrogen and oxygen atoms in total. The lowest BCUT2D eigenvalue weighted by molar-refractivity contribution is -0.136. The highest BCUT2D eigenvalue weighted by molar-refractivity contribution is 6.25. The first-order chi connectivity index (χ1) is 29.0. The van der Waals surface area contributed by atoms with Gasteiger partial charge in [-0.05, 0) is 25.0 Å². The van der Waals surface area contributed by atoms with Crippen molar-refractivity contribution in [3.63, 3.8) is 0 Å². The highest BCUT2D eigenvalue weighted by Crippen LogP contribution is 2.32. The quantitative estimate of drug-likeness (QED) is 0.0694. The molecule has 2 N–H and O–H groups in total. The molecule has 1 unspecified atom stereocenters. The molecule has 1 aromatic carbocycles. The summed E-state index contributed by atoms with van der Waals surface area (Å²) in [7, 11) is 0. The van der Waals surface area contributed by atoms with Crippen LogP contribution in [-0.2, 0) is 52.2 Å². The first-order valence-corrected chi connectivity index (χ1v) is 21.8. The topological polar surface area (TPSA) is 179 Å². The largest absolute Gasteiger partial charge is 0.382 e. The molecule has 59 heavy (non-hydrogen) atoms. The number of nitrogens with zero attached hydrogens (tertiary/aromatic N) is 1. The summed E-state index contributed by atoms with van der Waals surface area (Å²) in [5, 5.41) is 5.34. The zero-order valence-electron chi connectivity index (χ0n) is 35.5. The fourth-order valence-corrected chi connectivity index (χ4v) is 6.47. The van der Waals surface area contributed by atoms with E-state index in [0.29, 0.717) is 125 Å². The fourth-order valence-electron chi connectivity index (χ4n) is 6.47. The van der Waals surface area contributed by atoms with Crippen molar-refractivity contribution in [2.75, 3.05) is 131 Å². The van der Waals surface area contributed by atoms with Crippen molar-refractivity contribution < 1.29 is 61.8 Å². The van der Waals surface area contributed by atoms with Gasteiger partial charge in [-0.2, -0.15) is 0 Å². The van der Waals surface area contributed by atoms with E-state index in [9.17, 15) is 19.2 Å². The van der Waals surface area contributed by atoms with E-state index in [1.54, 1.807) is 18.2 Å². The number of piperidine rings is 1. The molecule has 1 saturated heterocycles. The van der Waals surface area contributed by atoms with Crippen molar-refractivity contribution >= 4 is 29.3 Å². The minimum Gasteiger partial charge on any atom is -0.382 e. The molecule has 0 radical (unpaired) electrons. The summed E-state index contributed by atoms with van der Waals surface area (Å²) >= 11 is 0. The van der Waals surface area contributed by atoms with Gasteiger partial charge < -0.3 is 47.9 Å². The van der Waals surface area contributed by atoms with E-state index in [1.807, 2.05) is 0 Å². The summed E-state index contributed by atoms with van der Waals surface area (Å²) in [6, 6.07) is 3.92. The zero-order chi connectivity index (χ0) is 42.0. The number of unbranched alkanes of at least 4 members (excludes halogenated alkanes) is 9. The summed E-state index contributed by atoms with van der Waals surface area (Å²) in [6.07, 6.45) is 13.5. The molecule has 4 amide bonds. The van der Waals surface area contributed by atoms with Crippen molar-refractivity contribution in [2.24, 2.45) is 0 Å². The van der Waals surface area contributed by atoms with E-state index in [2.05, 4.69) is 17.6 Å². The van der Waals surface area contributed by atoms with Crippen LogP contribution in [0.3, 0.4) is 0 Å². The molecule has 0 aromatic heterocycles. The molecule has 0 spiro atoms. The Morgan fingerprint density at radius 3 is 1.42 bits per heavy atom. The number of carbonyl (C=O) groups is 4. The maximum absolute atomic E-state index is 13.2. The molecule has 1 fully saturated rings. The van der Waals surface area contributed by atoms with Crippen LogP contribution in [0.25, 0.3) is 0 Å². The van der Waals surface area contributed by atoms with Crippen molar-refractivity contribution in [1.82, 2.24) is 10.2 Å². The van der Waals surface area contributed by atoms with Gasteiger partial charge in [-0.3, -0.25) is 29.4 Å². The van der Waals surface area contributed by atoms with Crippen molar-refractivity contribution in [3.8, 4) is 0 Å². The molecular weight excluding hydrogens is 766 g/mol. The Hall–Kier alpha value is -3.06. The van der Waals surface area contributed by atoms with E-state index in [-0.39, 0.29) is 24.0 Å². The van der Waals surface area contributed by atoms with Crippen LogP contribution in [0.2, 0.25) is 0 Å². The number of carbonyl (C=O) groups excluding carboxylic acids is 4. The highest BCUT2D eigenvalue weighted by atomic mass is 16.6. The van der Waals surface area contributed by atoms with Gasteiger partial charge in [0, 0.05) is 25.3 Å². The number of ether oxygens (including phenoxy) is 9. The number of rotatable bonds is 40. The fraction of sp³-hybridized carbons (Fsp3) is 0.767. The minimum atomic E-state index is -1.01. The summed E-state index contributed by atoms with van der Waals surface area (Å²) in [5.41, 5.74) is 0.919. The first kappa shape index (κ1) is 50.3. The normalized spacial score (nSPS) is 15.3. The molecule has 2 aliphatic rings. The molecule has 2 aliphatic heterocycles. The monoisotopic (exact) mass is 837 g/mol. The number of amides is 4. The maximum atomic E-state index is 13.2. The van der Waals surface area contributed by atoms with Crippen LogP contribution in [0.5, 0.6) is 0 Å². The zero-order valence-corrected chi connectivity index (χ0v) is 35.5. The first-order valence-electron chi connectivity index (χ1n) is 21.8. The Morgan fingerprint density at radius 2 is 0.966 bits per heavy atom. The number of benzene rings is 1. The second-order valence-electron chi connectivity index (χ2n) is 14.3. The number of anilines is 1. The Kier molecular flexibility index (Phi) is 28.7. The van der Waals surface area contributed by atoms with E-state index < -0.39 is 29.7 Å². The van der Waals surface area contributed by atoms with E-state index >= 15 is 0 Å². The summed E-state index contributed by atoms with van der Waals surface area (Å²) in [4.78, 5) is 50.9. The third-order valence-electron chi connectivity index (χ3n) is 9.65. The number of nitrogens with one attached hydrogen (secondary N) is 2. The third kappa shape index (κ3) is 21.9. The van der Waals surface area contributed by atoms with Gasteiger partial charge in [0.25, 0.3) is 11.8 Å². The molecule has 1 atom stereocenters. The molecule has 336 valence electrons. The average molecular weight is 838 g/mol. The smallest absolute Gasteiger partial charge is 0.264 e. The third-order valence-corrected chi connectivity index (χ3v) is 9.65. The number of imide groups is 2. The van der Waals surface area contributed by atoms with Crippen LogP contribution in [-0.4, -0.2) is 160 Å². The van der Waals surface area contributed by atoms with Crippen LogP contribution in [0.4, 0.5) is 5.69 Å². The van der Waals surface area contributed by atoms with Gasteiger partial charge >= 0.3 is 0 Å². The average Bonchev–Trinajstić information content (AvgIpc) is 3.49. The SMILES string of the molecule is CCCCCCCCCCCCOCCOCCOCCOCCOCCOCCOCCOCCOCCNc1cccc2c1C(=O)N(C1CCC(=O)NC1=O)C2=O. The van der Waals surface area contributed by atoms with Crippen LogP contribution in [0, 0.1) is 0 Å². The van der Waals surface area contributed by atoms with Crippen molar-refractivity contribution in [2.45, 2.75) is 90.0 Å². The number of fused-ring (bicyclic) bond motifs is 1. The Bertz CT molecular complexity index is 1300. The maximum Gasteiger partial charge on any atom is 0.264 e. The predicted octanol–water partition coefficient (Wildman–Crippen LogP) is 4.57. The standard InChI is InChI=1S/C43H71N3O13/c1-2-3-4-5-6-7-8-9-10-11-18-51-20-22-53-24-26-55-28-30-57-32-34-59-35-33-58-31-29-56-27-25-54-23-21-52-19-17-44-37-14-12-13-36-40(37)43(50)46(42(36)49)38-15-16-39(47)45-41(38)48/h12-14,38,44H,2-11,15-35H2,1H3,(H,45,47,48). The Morgan fingerprint density at radius 1 is 0.542 bits per heavy atom. The summed E-state index contributed by atoms with van der Waals surface area (Å²) < 4.78 is 49.9. The van der Waals surface area contributed by atoms with E-state index in [1.165, 1.54) is 57.8 Å². The van der Waals surface area contributed by atoms with Crippen LogP contribution in [0.1, 0.15) is 105 Å². The van der Waals surface area contributed by atoms with Gasteiger partial charge in [-0.15, -0.1) is 0 Å². The number of hydrogen-bond donors (Lipinski definition) is 2. The lowest BCUT2D eigenvalue weighted by Gasteiger charge is -2.27. The minimum absolute atomic E-state index is 0.0684. The van der Waals surface area contributed by atoms with Gasteiger partial charge in [0.2, 0.25) is 11.8 Å². The second-order valence-corrected chi connectivity index (χ2v) is 14.3. The molecule has 0 aliphatic carbocycles. The van der Waals surface area contributed by atoms with E-state index in [0.717, 1.165) is 17.9 Å². The van der Waals surface area contributed by atoms with Gasteiger partial charge in [-0.25, -0.2) is 0 Å². The van der Waals surface area contributed by atoms with Gasteiger partial charge in [0.05, 0.1) is 123 Å². The van der Waals surface area contributed by atoms with Gasteiger partial charge in [-0.1, -0.05) is 70.8 Å². The molecular formula is C43H71N3O13. The van der Waals surface area contributed by atoms with Crippen LogP contribution < -0.4 is 10.6 Å². The molecule has 2 heterocycles. The van der Waals surface area contributed by atoms with Crippen LogP contribution >= 0.6 is 0 Å². The lowest BCUT2D eigenvalue weighted by atomic mass is 10.0. The molecule has 1 aromatic rings. The second kappa shape index (κ2) is 33.6. The van der Waals surface area contributed by atoms with Crippen molar-refractivity contribution in [3.05, 3.63) is 29.3 Å². The van der Waals surface area contributed by atoms with E-state index in [4.69, 9.17) is 42.6 Å². The van der Waals surface area contributed by atoms with Crippen molar-refractivity contribution in [1.29, 1.82) is 0 Å². The number of hydrogen-bond acceptors (Lipinski definition) is 14. The van der Waals surface area contributed by atoms with Gasteiger partial charge in [0.1, 0.15) is 6.04 Å². The predicted molar refractivity (Wildman–Crippen MR) is 221 cm³/mol. The molecule has 3 rings (SSSR count). The molecule has 0 bridgehead atoms. The molecule has 16 heteroatoms. The highest BCUT2D eigenvalue weighted by Gasteiger charge is 2.45. The Labute approximate surface area is 350 Å².